The standard InChI is InChI=1S/C19H27N5O5/c20-18(21)22-10-4-8-14(17(26)27)23-16(25)15-9-5-11-24(15)19(28)29-12-13-6-2-1-3-7-13/h1-3,6-7,14-15H,4-5,8-12H2,(H,23,25)(H,26,27)(H4,20,21,22)/t14-,15+/m1/s1. The number of nitrogens with two attached hydrogens (primary N) is 2. The van der Waals surface area contributed by atoms with Gasteiger partial charge in [0.05, 0.1) is 0 Å². The number of carboxylic acid groups (broad SMARTS) is 1. The lowest BCUT2D eigenvalue weighted by atomic mass is 10.1. The van der Waals surface area contributed by atoms with E-state index in [-0.39, 0.29) is 25.5 Å². The summed E-state index contributed by atoms with van der Waals surface area (Å²) in [6, 6.07) is 7.38. The van der Waals surface area contributed by atoms with Crippen LogP contribution in [0.5, 0.6) is 0 Å². The molecule has 0 aliphatic carbocycles. The number of nitrogens with zero attached hydrogens (tertiary/aromatic N) is 2. The fourth-order valence-electron chi connectivity index (χ4n) is 3.09. The number of carbonyl (C=O) groups excluding carboxylic acids is 2. The molecule has 1 aliphatic heterocycles. The summed E-state index contributed by atoms with van der Waals surface area (Å²) in [6.07, 6.45) is 1.06. The Morgan fingerprint density at radius 1 is 1.28 bits per heavy atom. The van der Waals surface area contributed by atoms with Crippen LogP contribution >= 0.6 is 0 Å². The molecule has 10 nitrogen and oxygen atoms in total. The van der Waals surface area contributed by atoms with Gasteiger partial charge in [0.1, 0.15) is 18.7 Å². The van der Waals surface area contributed by atoms with Crippen LogP contribution in [0.4, 0.5) is 4.79 Å². The van der Waals surface area contributed by atoms with Crippen LogP contribution in [0.25, 0.3) is 0 Å². The molecule has 2 amide bonds. The summed E-state index contributed by atoms with van der Waals surface area (Å²) in [5.41, 5.74) is 11.3. The molecule has 1 fully saturated rings. The monoisotopic (exact) mass is 405 g/mol. The topological polar surface area (TPSA) is 160 Å². The van der Waals surface area contributed by atoms with E-state index in [1.54, 1.807) is 0 Å². The van der Waals surface area contributed by atoms with Crippen LogP contribution in [0.3, 0.4) is 0 Å². The zero-order chi connectivity index (χ0) is 21.2. The molecule has 1 saturated heterocycles. The number of aliphatic imine (C=N–C) groups is 1. The third kappa shape index (κ3) is 6.98. The van der Waals surface area contributed by atoms with Crippen LogP contribution in [0.15, 0.2) is 35.3 Å². The van der Waals surface area contributed by atoms with Gasteiger partial charge in [-0.15, -0.1) is 0 Å². The molecule has 1 heterocycles. The highest BCUT2D eigenvalue weighted by Gasteiger charge is 2.36. The van der Waals surface area contributed by atoms with E-state index < -0.39 is 30.1 Å². The van der Waals surface area contributed by atoms with Gasteiger partial charge in [-0.05, 0) is 31.2 Å². The Hall–Kier alpha value is -3.30. The second-order valence-corrected chi connectivity index (χ2v) is 6.74. The van der Waals surface area contributed by atoms with E-state index in [0.717, 1.165) is 5.56 Å². The van der Waals surface area contributed by atoms with E-state index in [2.05, 4.69) is 10.3 Å². The lowest BCUT2D eigenvalue weighted by Gasteiger charge is -2.25. The summed E-state index contributed by atoms with van der Waals surface area (Å²) >= 11 is 0. The van der Waals surface area contributed by atoms with Crippen molar-refractivity contribution in [2.45, 2.75) is 44.4 Å². The van der Waals surface area contributed by atoms with Crippen molar-refractivity contribution in [1.82, 2.24) is 10.2 Å². The molecule has 10 heteroatoms. The van der Waals surface area contributed by atoms with Crippen LogP contribution < -0.4 is 16.8 Å². The number of aliphatic carboxylic acids is 1. The first-order valence-electron chi connectivity index (χ1n) is 9.44. The van der Waals surface area contributed by atoms with Gasteiger partial charge in [0.2, 0.25) is 5.91 Å². The number of hydrogen-bond acceptors (Lipinski definition) is 5. The van der Waals surface area contributed by atoms with E-state index in [1.807, 2.05) is 30.3 Å². The Labute approximate surface area is 168 Å². The van der Waals surface area contributed by atoms with Crippen molar-refractivity contribution in [1.29, 1.82) is 0 Å². The van der Waals surface area contributed by atoms with E-state index in [1.165, 1.54) is 4.90 Å². The Balaban J connectivity index is 1.89. The summed E-state index contributed by atoms with van der Waals surface area (Å²) in [7, 11) is 0. The predicted molar refractivity (Wildman–Crippen MR) is 106 cm³/mol. The summed E-state index contributed by atoms with van der Waals surface area (Å²) in [4.78, 5) is 41.6. The fraction of sp³-hybridized carbons (Fsp3) is 0.474. The number of nitrogens with one attached hydrogen (secondary N) is 1. The first-order chi connectivity index (χ1) is 13.9. The third-order valence-electron chi connectivity index (χ3n) is 4.55. The number of carbonyl (C=O) groups is 3. The molecule has 1 aromatic rings. The number of amides is 2. The van der Waals surface area contributed by atoms with Crippen molar-refractivity contribution in [2.75, 3.05) is 13.1 Å². The minimum Gasteiger partial charge on any atom is -0.480 e. The van der Waals surface area contributed by atoms with Gasteiger partial charge in [0.25, 0.3) is 0 Å². The van der Waals surface area contributed by atoms with Crippen LogP contribution in [0, 0.1) is 0 Å². The molecule has 1 aromatic carbocycles. The average Bonchev–Trinajstić information content (AvgIpc) is 3.19. The molecule has 0 saturated carbocycles. The minimum atomic E-state index is -1.15. The largest absolute Gasteiger partial charge is 0.480 e. The normalized spacial score (nSPS) is 16.7. The van der Waals surface area contributed by atoms with Crippen LogP contribution in [0.1, 0.15) is 31.2 Å². The SMILES string of the molecule is NC(N)=NCCC[C@@H](NC(=O)[C@@H]1CCCN1C(=O)OCc1ccccc1)C(=O)O. The minimum absolute atomic E-state index is 0.0727. The molecular weight excluding hydrogens is 378 g/mol. The predicted octanol–water partition coefficient (Wildman–Crippen LogP) is 0.411. The summed E-state index contributed by atoms with van der Waals surface area (Å²) < 4.78 is 5.30. The highest BCUT2D eigenvalue weighted by Crippen LogP contribution is 2.19. The number of benzene rings is 1. The fourth-order valence-corrected chi connectivity index (χ4v) is 3.09. The van der Waals surface area contributed by atoms with Crippen molar-refractivity contribution in [3.05, 3.63) is 35.9 Å². The molecule has 0 unspecified atom stereocenters. The van der Waals surface area contributed by atoms with Gasteiger partial charge in [-0.25, -0.2) is 9.59 Å². The molecule has 1 aliphatic rings. The maximum Gasteiger partial charge on any atom is 0.410 e. The van der Waals surface area contributed by atoms with Crippen molar-refractivity contribution < 1.29 is 24.2 Å². The Kier molecular flexibility index (Phi) is 8.26. The highest BCUT2D eigenvalue weighted by molar-refractivity contribution is 5.89. The second kappa shape index (κ2) is 10.9. The second-order valence-electron chi connectivity index (χ2n) is 6.74. The quantitative estimate of drug-likeness (QED) is 0.263. The van der Waals surface area contributed by atoms with Gasteiger partial charge in [0.15, 0.2) is 5.96 Å². The van der Waals surface area contributed by atoms with Crippen LogP contribution in [-0.2, 0) is 20.9 Å². The smallest absolute Gasteiger partial charge is 0.410 e. The zero-order valence-corrected chi connectivity index (χ0v) is 16.1. The van der Waals surface area contributed by atoms with Crippen LogP contribution in [0.2, 0.25) is 0 Å². The average molecular weight is 405 g/mol. The van der Waals surface area contributed by atoms with E-state index in [9.17, 15) is 19.5 Å². The number of likely N-dealkylation sites (tertiary alicyclic amines) is 1. The third-order valence-corrected chi connectivity index (χ3v) is 4.55. The summed E-state index contributed by atoms with van der Waals surface area (Å²) in [6.45, 7) is 0.754. The molecule has 0 radical (unpaired) electrons. The Morgan fingerprint density at radius 3 is 2.66 bits per heavy atom. The first kappa shape index (κ1) is 22.0. The number of hydrogen-bond donors (Lipinski definition) is 4. The van der Waals surface area contributed by atoms with Gasteiger partial charge in [-0.3, -0.25) is 14.7 Å². The van der Waals surface area contributed by atoms with Crippen molar-refractivity contribution in [2.24, 2.45) is 16.5 Å². The van der Waals surface area contributed by atoms with Crippen molar-refractivity contribution in [3.63, 3.8) is 0 Å². The molecule has 6 N–H and O–H groups in total. The van der Waals surface area contributed by atoms with Gasteiger partial charge in [-0.2, -0.15) is 0 Å². The maximum absolute atomic E-state index is 12.6. The summed E-state index contributed by atoms with van der Waals surface area (Å²) in [5.74, 6) is -1.73. The molecular formula is C19H27N5O5. The first-order valence-corrected chi connectivity index (χ1v) is 9.44. The van der Waals surface area contributed by atoms with Crippen molar-refractivity contribution in [3.8, 4) is 0 Å². The molecule has 29 heavy (non-hydrogen) atoms. The number of guanidine groups is 1. The lowest BCUT2D eigenvalue weighted by Crippen LogP contribution is -2.51. The molecule has 0 aromatic heterocycles. The molecule has 2 atom stereocenters. The van der Waals surface area contributed by atoms with Gasteiger partial charge >= 0.3 is 12.1 Å². The zero-order valence-electron chi connectivity index (χ0n) is 16.1. The number of carboxylic acids is 1. The number of rotatable bonds is 9. The Bertz CT molecular complexity index is 736. The van der Waals surface area contributed by atoms with Gasteiger partial charge < -0.3 is 26.6 Å². The van der Waals surface area contributed by atoms with Crippen LogP contribution in [-0.4, -0.2) is 59.1 Å². The van der Waals surface area contributed by atoms with Crippen molar-refractivity contribution >= 4 is 23.9 Å². The highest BCUT2D eigenvalue weighted by atomic mass is 16.6. The Morgan fingerprint density at radius 2 is 2.00 bits per heavy atom. The molecule has 158 valence electrons. The van der Waals surface area contributed by atoms with E-state index in [0.29, 0.717) is 25.8 Å². The van der Waals surface area contributed by atoms with E-state index in [4.69, 9.17) is 16.2 Å². The number of ether oxygens (including phenoxy) is 1. The van der Waals surface area contributed by atoms with Gasteiger partial charge in [-0.1, -0.05) is 30.3 Å². The van der Waals surface area contributed by atoms with Gasteiger partial charge in [0, 0.05) is 13.1 Å². The molecule has 0 bridgehead atoms. The maximum atomic E-state index is 12.6. The lowest BCUT2D eigenvalue weighted by molar-refractivity contribution is -0.142. The summed E-state index contributed by atoms with van der Waals surface area (Å²) in [5, 5.41) is 11.9. The molecule has 0 spiro atoms. The van der Waals surface area contributed by atoms with E-state index >= 15 is 0 Å². The molecule has 2 rings (SSSR count).